The number of nitrogens with two attached hydrogens (primary N) is 1. The highest BCUT2D eigenvalue weighted by Gasteiger charge is 2.15. The number of nitrogens with one attached hydrogen (secondary N) is 1. The zero-order valence-corrected chi connectivity index (χ0v) is 15.1. The molecule has 2 aromatic carbocycles. The molecule has 0 unspecified atom stereocenters. The summed E-state index contributed by atoms with van der Waals surface area (Å²) >= 11 is 9.36. The van der Waals surface area contributed by atoms with Crippen LogP contribution in [0, 0.1) is 6.92 Å². The van der Waals surface area contributed by atoms with Crippen LogP contribution in [0.2, 0.25) is 5.02 Å². The van der Waals surface area contributed by atoms with Gasteiger partial charge in [-0.15, -0.1) is 0 Å². The fraction of sp³-hybridized carbons (Fsp3) is 0.0556. The lowest BCUT2D eigenvalue weighted by Crippen LogP contribution is -2.12. The van der Waals surface area contributed by atoms with Crippen LogP contribution in [0.15, 0.2) is 57.4 Å². The molecule has 0 saturated carbocycles. The second kappa shape index (κ2) is 6.71. The van der Waals surface area contributed by atoms with Gasteiger partial charge in [-0.05, 0) is 55.0 Å². The Morgan fingerprint density at radius 3 is 2.67 bits per heavy atom. The Bertz CT molecular complexity index is 921. The van der Waals surface area contributed by atoms with Crippen LogP contribution in [0.5, 0.6) is 0 Å². The summed E-state index contributed by atoms with van der Waals surface area (Å²) in [5, 5.41) is 3.22. The van der Waals surface area contributed by atoms with Gasteiger partial charge in [0, 0.05) is 15.1 Å². The number of halogens is 2. The van der Waals surface area contributed by atoms with E-state index in [0.717, 1.165) is 15.6 Å². The van der Waals surface area contributed by atoms with E-state index < -0.39 is 0 Å². The Morgan fingerprint density at radius 1 is 1.17 bits per heavy atom. The fourth-order valence-corrected chi connectivity index (χ4v) is 3.13. The van der Waals surface area contributed by atoms with Gasteiger partial charge in [-0.2, -0.15) is 0 Å². The Kier molecular flexibility index (Phi) is 4.64. The molecule has 1 aromatic heterocycles. The summed E-state index contributed by atoms with van der Waals surface area (Å²) in [6.07, 6.45) is 0. The first-order chi connectivity index (χ1) is 11.4. The zero-order chi connectivity index (χ0) is 17.3. The number of carbonyl (C=O) groups is 1. The van der Waals surface area contributed by atoms with Gasteiger partial charge in [0.05, 0.1) is 11.4 Å². The third-order valence-corrected chi connectivity index (χ3v) is 4.37. The largest absolute Gasteiger partial charge is 0.451 e. The van der Waals surface area contributed by atoms with Crippen LogP contribution in [0.1, 0.15) is 16.1 Å². The number of anilines is 2. The molecule has 0 bridgehead atoms. The first-order valence-corrected chi connectivity index (χ1v) is 8.34. The van der Waals surface area contributed by atoms with Gasteiger partial charge in [-0.3, -0.25) is 4.79 Å². The summed E-state index contributed by atoms with van der Waals surface area (Å²) in [6.45, 7) is 2.01. The van der Waals surface area contributed by atoms with Crippen molar-refractivity contribution >= 4 is 44.8 Å². The normalized spacial score (nSPS) is 10.6. The number of benzene rings is 2. The molecular formula is C18H14BrClN2O2. The molecule has 0 aliphatic carbocycles. The predicted octanol–water partition coefficient (Wildman–Crippen LogP) is 5.51. The van der Waals surface area contributed by atoms with E-state index in [1.807, 2.05) is 25.1 Å². The molecule has 0 aliphatic rings. The maximum absolute atomic E-state index is 12.3. The number of nitrogen functional groups attached to an aromatic ring is 1. The van der Waals surface area contributed by atoms with Crippen molar-refractivity contribution in [1.29, 1.82) is 0 Å². The van der Waals surface area contributed by atoms with E-state index in [9.17, 15) is 4.79 Å². The highest BCUT2D eigenvalue weighted by Crippen LogP contribution is 2.31. The Balaban J connectivity index is 1.83. The SMILES string of the molecule is Cc1ccc(-c2ccc(C(=O)Nc3ccc(Cl)cc3N)o2)c(Br)c1. The number of furan rings is 1. The van der Waals surface area contributed by atoms with Crippen LogP contribution < -0.4 is 11.1 Å². The highest BCUT2D eigenvalue weighted by atomic mass is 79.9. The van der Waals surface area contributed by atoms with E-state index in [1.165, 1.54) is 0 Å². The summed E-state index contributed by atoms with van der Waals surface area (Å²) in [4.78, 5) is 12.3. The number of hydrogen-bond donors (Lipinski definition) is 2. The minimum atomic E-state index is -0.376. The number of hydrogen-bond acceptors (Lipinski definition) is 3. The molecule has 0 fully saturated rings. The van der Waals surface area contributed by atoms with Crippen molar-refractivity contribution in [3.63, 3.8) is 0 Å². The van der Waals surface area contributed by atoms with Crippen LogP contribution in [0.25, 0.3) is 11.3 Å². The molecule has 0 spiro atoms. The first kappa shape index (κ1) is 16.6. The fourth-order valence-electron chi connectivity index (χ4n) is 2.26. The zero-order valence-electron chi connectivity index (χ0n) is 12.8. The molecule has 24 heavy (non-hydrogen) atoms. The second-order valence-electron chi connectivity index (χ2n) is 5.33. The van der Waals surface area contributed by atoms with Crippen molar-refractivity contribution in [3.05, 3.63) is 69.3 Å². The van der Waals surface area contributed by atoms with Gasteiger partial charge in [-0.25, -0.2) is 0 Å². The minimum absolute atomic E-state index is 0.201. The molecule has 0 atom stereocenters. The van der Waals surface area contributed by atoms with Crippen molar-refractivity contribution in [2.75, 3.05) is 11.1 Å². The average molecular weight is 406 g/mol. The quantitative estimate of drug-likeness (QED) is 0.565. The van der Waals surface area contributed by atoms with Crippen LogP contribution >= 0.6 is 27.5 Å². The molecule has 3 N–H and O–H groups in total. The lowest BCUT2D eigenvalue weighted by atomic mass is 10.1. The molecule has 1 heterocycles. The Labute approximate surface area is 152 Å². The third kappa shape index (κ3) is 3.47. The standard InChI is InChI=1S/C18H14BrClN2O2/c1-10-2-4-12(13(19)8-10)16-6-7-17(24-16)18(23)22-15-5-3-11(20)9-14(15)21/h2-9H,21H2,1H3,(H,22,23). The monoisotopic (exact) mass is 404 g/mol. The van der Waals surface area contributed by atoms with Crippen molar-refractivity contribution in [3.8, 4) is 11.3 Å². The van der Waals surface area contributed by atoms with Gasteiger partial charge in [0.1, 0.15) is 5.76 Å². The van der Waals surface area contributed by atoms with Crippen LogP contribution in [0.3, 0.4) is 0 Å². The topological polar surface area (TPSA) is 68.3 Å². The van der Waals surface area contributed by atoms with Crippen molar-refractivity contribution in [1.82, 2.24) is 0 Å². The van der Waals surface area contributed by atoms with Crippen molar-refractivity contribution in [2.45, 2.75) is 6.92 Å². The van der Waals surface area contributed by atoms with Gasteiger partial charge in [-0.1, -0.05) is 33.6 Å². The lowest BCUT2D eigenvalue weighted by molar-refractivity contribution is 0.0997. The van der Waals surface area contributed by atoms with E-state index >= 15 is 0 Å². The van der Waals surface area contributed by atoms with Crippen LogP contribution in [-0.2, 0) is 0 Å². The van der Waals surface area contributed by atoms with Crippen molar-refractivity contribution in [2.24, 2.45) is 0 Å². The first-order valence-electron chi connectivity index (χ1n) is 7.17. The molecule has 3 aromatic rings. The van der Waals surface area contributed by atoms with Crippen molar-refractivity contribution < 1.29 is 9.21 Å². The Morgan fingerprint density at radius 2 is 1.96 bits per heavy atom. The van der Waals surface area contributed by atoms with Gasteiger partial charge in [0.15, 0.2) is 5.76 Å². The molecule has 122 valence electrons. The Hall–Kier alpha value is -2.24. The smallest absolute Gasteiger partial charge is 0.291 e. The average Bonchev–Trinajstić information content (AvgIpc) is 3.00. The van der Waals surface area contributed by atoms with Crippen LogP contribution in [0.4, 0.5) is 11.4 Å². The molecule has 0 aliphatic heterocycles. The summed E-state index contributed by atoms with van der Waals surface area (Å²) in [5.74, 6) is 0.432. The summed E-state index contributed by atoms with van der Waals surface area (Å²) in [6, 6.07) is 14.2. The van der Waals surface area contributed by atoms with E-state index in [2.05, 4.69) is 21.2 Å². The van der Waals surface area contributed by atoms with Crippen LogP contribution in [-0.4, -0.2) is 5.91 Å². The maximum Gasteiger partial charge on any atom is 0.291 e. The summed E-state index contributed by atoms with van der Waals surface area (Å²) in [7, 11) is 0. The molecular weight excluding hydrogens is 392 g/mol. The number of rotatable bonds is 3. The lowest BCUT2D eigenvalue weighted by Gasteiger charge is -2.07. The van der Waals surface area contributed by atoms with E-state index in [4.69, 9.17) is 21.8 Å². The summed E-state index contributed by atoms with van der Waals surface area (Å²) < 4.78 is 6.59. The molecule has 1 amide bonds. The van der Waals surface area contributed by atoms with E-state index in [-0.39, 0.29) is 11.7 Å². The third-order valence-electron chi connectivity index (χ3n) is 3.48. The van der Waals surface area contributed by atoms with E-state index in [0.29, 0.717) is 22.2 Å². The molecule has 0 saturated heterocycles. The number of amides is 1. The van der Waals surface area contributed by atoms with Gasteiger partial charge in [0.25, 0.3) is 5.91 Å². The molecule has 0 radical (unpaired) electrons. The molecule has 3 rings (SSSR count). The second-order valence-corrected chi connectivity index (χ2v) is 6.62. The maximum atomic E-state index is 12.3. The number of aryl methyl sites for hydroxylation is 1. The minimum Gasteiger partial charge on any atom is -0.451 e. The molecule has 4 nitrogen and oxygen atoms in total. The van der Waals surface area contributed by atoms with Gasteiger partial charge in [0.2, 0.25) is 0 Å². The van der Waals surface area contributed by atoms with Gasteiger partial charge < -0.3 is 15.5 Å². The van der Waals surface area contributed by atoms with E-state index in [1.54, 1.807) is 30.3 Å². The molecule has 6 heteroatoms. The predicted molar refractivity (Wildman–Crippen MR) is 100 cm³/mol. The van der Waals surface area contributed by atoms with Gasteiger partial charge >= 0.3 is 0 Å². The highest BCUT2D eigenvalue weighted by molar-refractivity contribution is 9.10. The summed E-state index contributed by atoms with van der Waals surface area (Å²) in [5.41, 5.74) is 8.73. The number of carbonyl (C=O) groups excluding carboxylic acids is 1.